The first-order valence-electron chi connectivity index (χ1n) is 9.38. The summed E-state index contributed by atoms with van der Waals surface area (Å²) >= 11 is 1.40. The predicted molar refractivity (Wildman–Crippen MR) is 117 cm³/mol. The van der Waals surface area contributed by atoms with Crippen LogP contribution in [-0.4, -0.2) is 10.9 Å². The average molecular weight is 418 g/mol. The quantitative estimate of drug-likeness (QED) is 0.412. The number of ether oxygens (including phenoxy) is 1. The molecule has 1 heterocycles. The Morgan fingerprint density at radius 1 is 1.07 bits per heavy atom. The van der Waals surface area contributed by atoms with E-state index in [1.165, 1.54) is 23.5 Å². The lowest BCUT2D eigenvalue weighted by Gasteiger charge is -2.07. The summed E-state index contributed by atoms with van der Waals surface area (Å²) in [6.07, 6.45) is 0. The van der Waals surface area contributed by atoms with E-state index < -0.39 is 0 Å². The number of aryl methyl sites for hydroxylation is 1. The molecule has 6 heteroatoms. The maximum atomic E-state index is 13.0. The zero-order chi connectivity index (χ0) is 20.9. The van der Waals surface area contributed by atoms with Crippen LogP contribution in [0.3, 0.4) is 0 Å². The van der Waals surface area contributed by atoms with Gasteiger partial charge in [0.15, 0.2) is 0 Å². The van der Waals surface area contributed by atoms with Gasteiger partial charge in [-0.2, -0.15) is 0 Å². The van der Waals surface area contributed by atoms with Gasteiger partial charge in [0.2, 0.25) is 0 Å². The molecule has 150 valence electrons. The Morgan fingerprint density at radius 3 is 2.60 bits per heavy atom. The largest absolute Gasteiger partial charge is 0.489 e. The summed E-state index contributed by atoms with van der Waals surface area (Å²) < 4.78 is 18.8. The molecule has 0 aliphatic heterocycles. The number of aromatic nitrogens is 1. The van der Waals surface area contributed by atoms with E-state index in [0.717, 1.165) is 27.4 Å². The lowest BCUT2D eigenvalue weighted by Crippen LogP contribution is -2.12. The van der Waals surface area contributed by atoms with Gasteiger partial charge in [0.25, 0.3) is 5.91 Å². The second kappa shape index (κ2) is 8.88. The number of hydrogen-bond acceptors (Lipinski definition) is 4. The minimum atomic E-state index is -0.272. The van der Waals surface area contributed by atoms with Crippen LogP contribution in [0.2, 0.25) is 0 Å². The molecule has 1 N–H and O–H groups in total. The van der Waals surface area contributed by atoms with Crippen molar-refractivity contribution >= 4 is 22.9 Å². The number of carbonyl (C=O) groups excluding carboxylic acids is 1. The fourth-order valence-electron chi connectivity index (χ4n) is 2.81. The molecule has 30 heavy (non-hydrogen) atoms. The number of hydrogen-bond donors (Lipinski definition) is 1. The van der Waals surface area contributed by atoms with Crippen molar-refractivity contribution in [3.05, 3.63) is 101 Å². The third kappa shape index (κ3) is 4.90. The first-order valence-corrected chi connectivity index (χ1v) is 10.3. The summed E-state index contributed by atoms with van der Waals surface area (Å²) in [5.41, 5.74) is 3.98. The van der Waals surface area contributed by atoms with Gasteiger partial charge in [-0.3, -0.25) is 4.79 Å². The topological polar surface area (TPSA) is 51.2 Å². The van der Waals surface area contributed by atoms with Gasteiger partial charge in [-0.15, -0.1) is 11.3 Å². The van der Waals surface area contributed by atoms with Gasteiger partial charge in [-0.1, -0.05) is 42.0 Å². The van der Waals surface area contributed by atoms with Gasteiger partial charge in [0, 0.05) is 16.6 Å². The van der Waals surface area contributed by atoms with E-state index in [0.29, 0.717) is 18.1 Å². The zero-order valence-corrected chi connectivity index (χ0v) is 17.1. The summed E-state index contributed by atoms with van der Waals surface area (Å²) in [6.45, 7) is 2.33. The van der Waals surface area contributed by atoms with E-state index in [1.807, 2.05) is 55.5 Å². The van der Waals surface area contributed by atoms with Gasteiger partial charge >= 0.3 is 0 Å². The van der Waals surface area contributed by atoms with Crippen LogP contribution in [0.25, 0.3) is 10.6 Å². The van der Waals surface area contributed by atoms with Crippen molar-refractivity contribution in [2.45, 2.75) is 13.5 Å². The van der Waals surface area contributed by atoms with Crippen LogP contribution < -0.4 is 10.1 Å². The molecule has 0 aliphatic carbocycles. The van der Waals surface area contributed by atoms with Crippen molar-refractivity contribution in [1.82, 2.24) is 4.98 Å². The first kappa shape index (κ1) is 19.8. The predicted octanol–water partition coefficient (Wildman–Crippen LogP) is 6.09. The zero-order valence-electron chi connectivity index (χ0n) is 16.3. The van der Waals surface area contributed by atoms with Crippen molar-refractivity contribution in [3.63, 3.8) is 0 Å². The molecule has 0 spiro atoms. The normalized spacial score (nSPS) is 10.6. The highest BCUT2D eigenvalue weighted by Gasteiger charge is 2.13. The summed E-state index contributed by atoms with van der Waals surface area (Å²) in [6, 6.07) is 21.4. The molecule has 0 unspecified atom stereocenters. The number of nitrogens with one attached hydrogen (secondary N) is 1. The van der Waals surface area contributed by atoms with Crippen molar-refractivity contribution in [2.24, 2.45) is 0 Å². The second-order valence-corrected chi connectivity index (χ2v) is 7.66. The highest BCUT2D eigenvalue weighted by atomic mass is 32.1. The standard InChI is InChI=1S/C24H19FN2O2S/c1-16-5-11-20(12-6-16)26-23(28)22-15-30-24(27-22)18-3-2-4-21(13-18)29-14-17-7-9-19(25)10-8-17/h2-13,15H,14H2,1H3,(H,26,28). The lowest BCUT2D eigenvalue weighted by atomic mass is 10.2. The second-order valence-electron chi connectivity index (χ2n) is 6.80. The Labute approximate surface area is 178 Å². The van der Waals surface area contributed by atoms with E-state index in [-0.39, 0.29) is 11.7 Å². The molecule has 1 aromatic heterocycles. The molecule has 4 aromatic rings. The van der Waals surface area contributed by atoms with Crippen LogP contribution in [0.4, 0.5) is 10.1 Å². The van der Waals surface area contributed by atoms with Crippen molar-refractivity contribution < 1.29 is 13.9 Å². The third-order valence-corrected chi connectivity index (χ3v) is 5.34. The number of anilines is 1. The van der Waals surface area contributed by atoms with Crippen molar-refractivity contribution in [2.75, 3.05) is 5.32 Å². The summed E-state index contributed by atoms with van der Waals surface area (Å²) in [7, 11) is 0. The van der Waals surface area contributed by atoms with Crippen LogP contribution in [0, 0.1) is 12.7 Å². The number of nitrogens with zero attached hydrogens (tertiary/aromatic N) is 1. The van der Waals surface area contributed by atoms with Gasteiger partial charge in [0.1, 0.15) is 28.9 Å². The Hall–Kier alpha value is -3.51. The number of amides is 1. The molecule has 0 aliphatic rings. The molecular formula is C24H19FN2O2S. The Bertz CT molecular complexity index is 1150. The molecule has 4 nitrogen and oxygen atoms in total. The van der Waals surface area contributed by atoms with Crippen LogP contribution >= 0.6 is 11.3 Å². The number of benzene rings is 3. The molecule has 0 fully saturated rings. The first-order chi connectivity index (χ1) is 14.6. The highest BCUT2D eigenvalue weighted by molar-refractivity contribution is 7.13. The van der Waals surface area contributed by atoms with Crippen molar-refractivity contribution in [1.29, 1.82) is 0 Å². The third-order valence-electron chi connectivity index (χ3n) is 4.45. The molecule has 0 saturated heterocycles. The Balaban J connectivity index is 1.43. The molecular weight excluding hydrogens is 399 g/mol. The molecule has 0 bridgehead atoms. The summed E-state index contributed by atoms with van der Waals surface area (Å²) in [4.78, 5) is 16.9. The molecule has 1 amide bonds. The smallest absolute Gasteiger partial charge is 0.275 e. The van der Waals surface area contributed by atoms with Crippen LogP contribution in [0.1, 0.15) is 21.6 Å². The number of halogens is 1. The SMILES string of the molecule is Cc1ccc(NC(=O)c2csc(-c3cccc(OCc4ccc(F)cc4)c3)n2)cc1. The highest BCUT2D eigenvalue weighted by Crippen LogP contribution is 2.27. The van der Waals surface area contributed by atoms with E-state index in [1.54, 1.807) is 17.5 Å². The van der Waals surface area contributed by atoms with Crippen LogP contribution in [0.15, 0.2) is 78.2 Å². The summed E-state index contributed by atoms with van der Waals surface area (Å²) in [5.74, 6) is 0.162. The minimum Gasteiger partial charge on any atom is -0.489 e. The van der Waals surface area contributed by atoms with E-state index in [2.05, 4.69) is 10.3 Å². The van der Waals surface area contributed by atoms with Gasteiger partial charge in [-0.05, 0) is 48.9 Å². The number of rotatable bonds is 6. The van der Waals surface area contributed by atoms with E-state index in [4.69, 9.17) is 4.74 Å². The lowest BCUT2D eigenvalue weighted by molar-refractivity contribution is 0.102. The Morgan fingerprint density at radius 2 is 1.83 bits per heavy atom. The van der Waals surface area contributed by atoms with E-state index >= 15 is 0 Å². The molecule has 0 atom stereocenters. The molecule has 3 aromatic carbocycles. The van der Waals surface area contributed by atoms with E-state index in [9.17, 15) is 9.18 Å². The maximum absolute atomic E-state index is 13.0. The number of thiazole rings is 1. The monoisotopic (exact) mass is 418 g/mol. The molecule has 0 saturated carbocycles. The average Bonchev–Trinajstić information content (AvgIpc) is 3.26. The maximum Gasteiger partial charge on any atom is 0.275 e. The fraction of sp³-hybridized carbons (Fsp3) is 0.0833. The number of carbonyl (C=O) groups is 1. The van der Waals surface area contributed by atoms with Crippen LogP contribution in [0.5, 0.6) is 5.75 Å². The minimum absolute atomic E-state index is 0.245. The summed E-state index contributed by atoms with van der Waals surface area (Å²) in [5, 5.41) is 5.33. The van der Waals surface area contributed by atoms with Gasteiger partial charge in [0.05, 0.1) is 0 Å². The van der Waals surface area contributed by atoms with Crippen molar-refractivity contribution in [3.8, 4) is 16.3 Å². The molecule has 4 rings (SSSR count). The van der Waals surface area contributed by atoms with Gasteiger partial charge in [-0.25, -0.2) is 9.37 Å². The van der Waals surface area contributed by atoms with Crippen LogP contribution in [-0.2, 0) is 6.61 Å². The van der Waals surface area contributed by atoms with Gasteiger partial charge < -0.3 is 10.1 Å². The Kier molecular flexibility index (Phi) is 5.86. The fourth-order valence-corrected chi connectivity index (χ4v) is 3.61. The molecule has 0 radical (unpaired) electrons.